The van der Waals surface area contributed by atoms with Crippen molar-refractivity contribution in [2.24, 2.45) is 0 Å². The Hall–Kier alpha value is -1.96. The molecular formula is C17H15FINO3. The summed E-state index contributed by atoms with van der Waals surface area (Å²) in [6.45, 7) is 3.10. The summed E-state index contributed by atoms with van der Waals surface area (Å²) in [5.74, 6) is -1.51. The van der Waals surface area contributed by atoms with Crippen molar-refractivity contribution in [3.63, 3.8) is 0 Å². The zero-order chi connectivity index (χ0) is 17.0. The van der Waals surface area contributed by atoms with Crippen LogP contribution in [-0.4, -0.2) is 18.0 Å². The zero-order valence-corrected chi connectivity index (χ0v) is 14.8. The van der Waals surface area contributed by atoms with E-state index in [9.17, 15) is 14.0 Å². The van der Waals surface area contributed by atoms with Crippen molar-refractivity contribution in [2.75, 3.05) is 5.32 Å². The lowest BCUT2D eigenvalue weighted by molar-refractivity contribution is -0.123. The van der Waals surface area contributed by atoms with Gasteiger partial charge in [-0.1, -0.05) is 18.2 Å². The fraction of sp³-hybridized carbons (Fsp3) is 0.176. The quantitative estimate of drug-likeness (QED) is 0.595. The Morgan fingerprint density at radius 3 is 2.57 bits per heavy atom. The van der Waals surface area contributed by atoms with E-state index >= 15 is 0 Å². The summed E-state index contributed by atoms with van der Waals surface area (Å²) >= 11 is 2.02. The number of hydrogen-bond acceptors (Lipinski definition) is 3. The molecular weight excluding hydrogens is 412 g/mol. The Kier molecular flexibility index (Phi) is 5.70. The smallest absolute Gasteiger partial charge is 0.339 e. The standard InChI is InChI=1S/C17H15FINO3/c1-10-7-8-12(9-14(10)18)20-16(21)11(2)23-17(22)13-5-3-4-6-15(13)19/h3-9,11H,1-2H3,(H,20,21). The van der Waals surface area contributed by atoms with E-state index in [2.05, 4.69) is 5.32 Å². The number of amides is 1. The number of hydrogen-bond donors (Lipinski definition) is 1. The first-order valence-corrected chi connectivity index (χ1v) is 7.99. The van der Waals surface area contributed by atoms with Crippen molar-refractivity contribution < 1.29 is 18.7 Å². The summed E-state index contributed by atoms with van der Waals surface area (Å²) in [7, 11) is 0. The summed E-state index contributed by atoms with van der Waals surface area (Å²) in [5.41, 5.74) is 1.20. The van der Waals surface area contributed by atoms with Crippen LogP contribution in [0.4, 0.5) is 10.1 Å². The molecule has 0 spiro atoms. The fourth-order valence-corrected chi connectivity index (χ4v) is 2.43. The van der Waals surface area contributed by atoms with Crippen LogP contribution in [0.5, 0.6) is 0 Å². The number of halogens is 2. The minimum atomic E-state index is -0.997. The molecule has 4 nitrogen and oxygen atoms in total. The molecule has 2 rings (SSSR count). The van der Waals surface area contributed by atoms with Crippen molar-refractivity contribution in [1.82, 2.24) is 0 Å². The topological polar surface area (TPSA) is 55.4 Å². The average molecular weight is 427 g/mol. The molecule has 0 fully saturated rings. The molecule has 6 heteroatoms. The van der Waals surface area contributed by atoms with E-state index in [1.54, 1.807) is 43.3 Å². The number of rotatable bonds is 4. The van der Waals surface area contributed by atoms with Crippen molar-refractivity contribution in [3.05, 3.63) is 63.0 Å². The lowest BCUT2D eigenvalue weighted by Gasteiger charge is -2.14. The number of aryl methyl sites for hydroxylation is 1. The molecule has 0 saturated carbocycles. The molecule has 0 aliphatic heterocycles. The average Bonchev–Trinajstić information content (AvgIpc) is 2.51. The maximum Gasteiger partial charge on any atom is 0.339 e. The normalized spacial score (nSPS) is 11.7. The van der Waals surface area contributed by atoms with Gasteiger partial charge in [0.25, 0.3) is 5.91 Å². The lowest BCUT2D eigenvalue weighted by Crippen LogP contribution is -2.30. The second-order valence-electron chi connectivity index (χ2n) is 4.98. The van der Waals surface area contributed by atoms with Gasteiger partial charge in [0.2, 0.25) is 0 Å². The Bertz CT molecular complexity index is 748. The minimum absolute atomic E-state index is 0.315. The number of carbonyl (C=O) groups is 2. The molecule has 0 saturated heterocycles. The zero-order valence-electron chi connectivity index (χ0n) is 12.6. The van der Waals surface area contributed by atoms with Gasteiger partial charge in [0.15, 0.2) is 6.10 Å². The second-order valence-corrected chi connectivity index (χ2v) is 6.14. The highest BCUT2D eigenvalue weighted by Crippen LogP contribution is 2.16. The van der Waals surface area contributed by atoms with E-state index in [0.29, 0.717) is 16.8 Å². The highest BCUT2D eigenvalue weighted by molar-refractivity contribution is 14.1. The number of benzene rings is 2. The molecule has 0 aliphatic rings. The van der Waals surface area contributed by atoms with Crippen LogP contribution in [0.25, 0.3) is 0 Å². The Morgan fingerprint density at radius 1 is 1.22 bits per heavy atom. The molecule has 0 bridgehead atoms. The van der Waals surface area contributed by atoms with Crippen molar-refractivity contribution >= 4 is 40.2 Å². The predicted molar refractivity (Wildman–Crippen MR) is 93.8 cm³/mol. The molecule has 0 aromatic heterocycles. The number of anilines is 1. The second kappa shape index (κ2) is 7.54. The van der Waals surface area contributed by atoms with Gasteiger partial charge in [0.1, 0.15) is 5.82 Å². The Morgan fingerprint density at radius 2 is 1.91 bits per heavy atom. The van der Waals surface area contributed by atoms with Crippen molar-refractivity contribution in [2.45, 2.75) is 20.0 Å². The van der Waals surface area contributed by atoms with Gasteiger partial charge in [0, 0.05) is 9.26 Å². The Labute approximate surface area is 147 Å². The van der Waals surface area contributed by atoms with Gasteiger partial charge < -0.3 is 10.1 Å². The van der Waals surface area contributed by atoms with Gasteiger partial charge in [-0.15, -0.1) is 0 Å². The van der Waals surface area contributed by atoms with Crippen LogP contribution >= 0.6 is 22.6 Å². The Balaban J connectivity index is 2.01. The molecule has 2 aromatic carbocycles. The third-order valence-electron chi connectivity index (χ3n) is 3.19. The van der Waals surface area contributed by atoms with Crippen LogP contribution in [-0.2, 0) is 9.53 Å². The molecule has 1 amide bonds. The maximum atomic E-state index is 13.5. The van der Waals surface area contributed by atoms with Gasteiger partial charge in [-0.05, 0) is 66.3 Å². The molecule has 120 valence electrons. The molecule has 1 N–H and O–H groups in total. The summed E-state index contributed by atoms with van der Waals surface area (Å²) in [5, 5.41) is 2.52. The molecule has 0 radical (unpaired) electrons. The van der Waals surface area contributed by atoms with Crippen LogP contribution < -0.4 is 5.32 Å². The number of esters is 1. The van der Waals surface area contributed by atoms with Gasteiger partial charge in [-0.25, -0.2) is 9.18 Å². The van der Waals surface area contributed by atoms with E-state index in [0.717, 1.165) is 3.57 Å². The highest BCUT2D eigenvalue weighted by atomic mass is 127. The first kappa shape index (κ1) is 17.4. The van der Waals surface area contributed by atoms with E-state index < -0.39 is 23.8 Å². The monoisotopic (exact) mass is 427 g/mol. The minimum Gasteiger partial charge on any atom is -0.449 e. The van der Waals surface area contributed by atoms with Gasteiger partial charge in [0.05, 0.1) is 5.56 Å². The molecule has 0 aliphatic carbocycles. The number of nitrogens with one attached hydrogen (secondary N) is 1. The van der Waals surface area contributed by atoms with Gasteiger partial charge >= 0.3 is 5.97 Å². The summed E-state index contributed by atoms with van der Waals surface area (Å²) in [6, 6.07) is 11.3. The third-order valence-corrected chi connectivity index (χ3v) is 4.13. The van der Waals surface area contributed by atoms with Crippen LogP contribution in [0.2, 0.25) is 0 Å². The highest BCUT2D eigenvalue weighted by Gasteiger charge is 2.20. The molecule has 2 aromatic rings. The molecule has 23 heavy (non-hydrogen) atoms. The maximum absolute atomic E-state index is 13.5. The summed E-state index contributed by atoms with van der Waals surface area (Å²) < 4.78 is 19.4. The number of carbonyl (C=O) groups excluding carboxylic acids is 2. The molecule has 1 unspecified atom stereocenters. The lowest BCUT2D eigenvalue weighted by atomic mass is 10.2. The van der Waals surface area contributed by atoms with Crippen LogP contribution in [0.15, 0.2) is 42.5 Å². The SMILES string of the molecule is Cc1ccc(NC(=O)C(C)OC(=O)c2ccccc2I)cc1F. The van der Waals surface area contributed by atoms with E-state index in [4.69, 9.17) is 4.74 Å². The largest absolute Gasteiger partial charge is 0.449 e. The molecule has 0 heterocycles. The van der Waals surface area contributed by atoms with Gasteiger partial charge in [-0.2, -0.15) is 0 Å². The van der Waals surface area contributed by atoms with E-state index in [1.165, 1.54) is 13.0 Å². The summed E-state index contributed by atoms with van der Waals surface area (Å²) in [6.07, 6.45) is -0.997. The van der Waals surface area contributed by atoms with Crippen molar-refractivity contribution in [3.8, 4) is 0 Å². The van der Waals surface area contributed by atoms with E-state index in [1.807, 2.05) is 22.6 Å². The van der Waals surface area contributed by atoms with E-state index in [-0.39, 0.29) is 0 Å². The van der Waals surface area contributed by atoms with Crippen LogP contribution in [0, 0.1) is 16.3 Å². The first-order chi connectivity index (χ1) is 10.9. The van der Waals surface area contributed by atoms with Crippen molar-refractivity contribution in [1.29, 1.82) is 0 Å². The number of ether oxygens (including phenoxy) is 1. The van der Waals surface area contributed by atoms with Gasteiger partial charge in [-0.3, -0.25) is 4.79 Å². The third kappa shape index (κ3) is 4.51. The first-order valence-electron chi connectivity index (χ1n) is 6.91. The fourth-order valence-electron chi connectivity index (χ4n) is 1.82. The summed E-state index contributed by atoms with van der Waals surface area (Å²) in [4.78, 5) is 24.1. The van der Waals surface area contributed by atoms with Crippen LogP contribution in [0.3, 0.4) is 0 Å². The predicted octanol–water partition coefficient (Wildman–Crippen LogP) is 3.92. The molecule has 1 atom stereocenters. The van der Waals surface area contributed by atoms with Crippen LogP contribution in [0.1, 0.15) is 22.8 Å².